The third-order valence-corrected chi connectivity index (χ3v) is 12.6. The maximum atomic E-state index is 15.2. The average molecular weight is 823 g/mol. The molecule has 0 bridgehead atoms. The van der Waals surface area contributed by atoms with Gasteiger partial charge in [-0.15, -0.1) is 0 Å². The van der Waals surface area contributed by atoms with Crippen molar-refractivity contribution in [2.75, 3.05) is 50.0 Å². The van der Waals surface area contributed by atoms with Gasteiger partial charge in [0.25, 0.3) is 5.56 Å². The number of pyridine rings is 1. The molecule has 1 unspecified atom stereocenters. The molecule has 60 heavy (non-hydrogen) atoms. The van der Waals surface area contributed by atoms with Gasteiger partial charge in [-0.1, -0.05) is 24.3 Å². The summed E-state index contributed by atoms with van der Waals surface area (Å²) >= 11 is 0. The van der Waals surface area contributed by atoms with Crippen LogP contribution in [0, 0.1) is 23.5 Å². The van der Waals surface area contributed by atoms with Crippen molar-refractivity contribution in [3.05, 3.63) is 101 Å². The van der Waals surface area contributed by atoms with Crippen molar-refractivity contribution in [1.82, 2.24) is 29.7 Å². The second-order valence-corrected chi connectivity index (χ2v) is 16.7. The average Bonchev–Trinajstić information content (AvgIpc) is 3.26. The van der Waals surface area contributed by atoms with E-state index in [9.17, 15) is 23.6 Å². The second-order valence-electron chi connectivity index (χ2n) is 16.7. The Kier molecular flexibility index (Phi) is 12.8. The molecule has 15 heteroatoms. The number of carbonyl (C=O) groups excluding carboxylic acids is 3. The van der Waals surface area contributed by atoms with E-state index in [0.717, 1.165) is 69.9 Å². The molecule has 0 spiro atoms. The van der Waals surface area contributed by atoms with Gasteiger partial charge in [0.05, 0.1) is 12.8 Å². The van der Waals surface area contributed by atoms with E-state index in [4.69, 9.17) is 4.74 Å². The summed E-state index contributed by atoms with van der Waals surface area (Å²) in [5, 5.41) is 8.71. The lowest BCUT2D eigenvalue weighted by Crippen LogP contribution is -2.47. The number of rotatable bonds is 11. The van der Waals surface area contributed by atoms with Gasteiger partial charge in [0.1, 0.15) is 17.6 Å². The summed E-state index contributed by atoms with van der Waals surface area (Å²) < 4.78 is 37.5. The number of nitrogens with zero attached hydrogens (tertiary/aromatic N) is 5. The maximum absolute atomic E-state index is 15.2. The lowest BCUT2D eigenvalue weighted by Gasteiger charge is -2.37. The molecule has 8 rings (SSSR count). The smallest absolute Gasteiger partial charge is 0.409 e. The van der Waals surface area contributed by atoms with Crippen molar-refractivity contribution in [3.8, 4) is 16.9 Å². The van der Waals surface area contributed by atoms with Crippen LogP contribution in [0.25, 0.3) is 16.9 Å². The zero-order valence-electron chi connectivity index (χ0n) is 33.7. The normalized spacial score (nSPS) is 22.0. The number of imide groups is 1. The minimum absolute atomic E-state index is 0.00596. The van der Waals surface area contributed by atoms with Crippen molar-refractivity contribution in [1.29, 1.82) is 0 Å². The molecule has 4 aliphatic rings. The van der Waals surface area contributed by atoms with Gasteiger partial charge < -0.3 is 25.2 Å². The van der Waals surface area contributed by atoms with E-state index >= 15 is 4.39 Å². The summed E-state index contributed by atoms with van der Waals surface area (Å²) in [7, 11) is 0. The Morgan fingerprint density at radius 1 is 0.817 bits per heavy atom. The van der Waals surface area contributed by atoms with Crippen molar-refractivity contribution in [2.45, 2.75) is 82.2 Å². The fraction of sp³-hybridized carbons (Fsp3) is 0.467. The SMILES string of the molecule is O=C1CCC(Nc2ccc(C3CCN(CC4CCC(COC(=O)N5CCC(Nc6ncc(F)c(-c7cccc(-n8ccccc8=O)c7)n6)CC5)CC4)CC3)c(F)c2)C(=O)N1. The van der Waals surface area contributed by atoms with Gasteiger partial charge in [0.15, 0.2) is 5.82 Å². The molecular formula is C45H52F2N8O5. The van der Waals surface area contributed by atoms with Gasteiger partial charge in [-0.25, -0.2) is 23.5 Å². The van der Waals surface area contributed by atoms with Gasteiger partial charge in [0.2, 0.25) is 17.8 Å². The van der Waals surface area contributed by atoms with Crippen LogP contribution in [-0.2, 0) is 14.3 Å². The number of nitrogens with one attached hydrogen (secondary N) is 3. The number of likely N-dealkylation sites (tertiary alicyclic amines) is 2. The number of carbonyl (C=O) groups is 3. The predicted octanol–water partition coefficient (Wildman–Crippen LogP) is 6.49. The van der Waals surface area contributed by atoms with Crippen LogP contribution in [0.15, 0.2) is 77.9 Å². The van der Waals surface area contributed by atoms with Crippen LogP contribution in [-0.4, -0.2) is 93.7 Å². The molecule has 316 valence electrons. The molecule has 3 aliphatic heterocycles. The Morgan fingerprint density at radius 2 is 1.60 bits per heavy atom. The van der Waals surface area contributed by atoms with Crippen LogP contribution in [0.4, 0.5) is 25.2 Å². The number of aromatic nitrogens is 3. The maximum Gasteiger partial charge on any atom is 0.409 e. The highest BCUT2D eigenvalue weighted by molar-refractivity contribution is 6.01. The first-order chi connectivity index (χ1) is 29.1. The molecule has 5 heterocycles. The summed E-state index contributed by atoms with van der Waals surface area (Å²) in [5.74, 6) is -0.0768. The number of hydrogen-bond donors (Lipinski definition) is 3. The highest BCUT2D eigenvalue weighted by Gasteiger charge is 2.30. The highest BCUT2D eigenvalue weighted by atomic mass is 19.1. The Bertz CT molecular complexity index is 2230. The zero-order chi connectivity index (χ0) is 41.6. The molecule has 1 atom stereocenters. The van der Waals surface area contributed by atoms with E-state index in [-0.39, 0.29) is 53.4 Å². The number of halogens is 2. The largest absolute Gasteiger partial charge is 0.449 e. The lowest BCUT2D eigenvalue weighted by molar-refractivity contribution is -0.133. The van der Waals surface area contributed by atoms with Crippen LogP contribution in [0.5, 0.6) is 0 Å². The standard InChI is InChI=1S/C45H52F2N8O5/c46-37-25-34(49-39-13-14-40(56)51-43(39)58)11-12-36(37)31-15-20-53(21-16-31)27-29-7-9-30(10-8-29)28-60-45(59)54-22-17-33(18-23-54)50-44-48-26-38(47)42(52-44)32-4-3-5-35(24-32)55-19-2-1-6-41(55)57/h1-6,11-12,19,24-26,29-31,33,39,49H,7-10,13-18,20-23,27-28H2,(H,48,50,52)(H,51,56,58). The molecule has 2 aromatic carbocycles. The second kappa shape index (κ2) is 18.7. The van der Waals surface area contributed by atoms with Crippen LogP contribution in [0.1, 0.15) is 75.7 Å². The molecule has 1 saturated carbocycles. The van der Waals surface area contributed by atoms with E-state index in [1.54, 1.807) is 47.5 Å². The van der Waals surface area contributed by atoms with Gasteiger partial charge in [-0.3, -0.25) is 24.3 Å². The van der Waals surface area contributed by atoms with Crippen LogP contribution in [0.2, 0.25) is 0 Å². The minimum Gasteiger partial charge on any atom is -0.449 e. The molecule has 0 radical (unpaired) electrons. The molecule has 4 fully saturated rings. The number of amides is 3. The van der Waals surface area contributed by atoms with E-state index in [1.165, 1.54) is 16.7 Å². The first-order valence-electron chi connectivity index (χ1n) is 21.3. The first-order valence-corrected chi connectivity index (χ1v) is 21.3. The number of ether oxygens (including phenoxy) is 1. The summed E-state index contributed by atoms with van der Waals surface area (Å²) in [6.45, 7) is 4.37. The fourth-order valence-corrected chi connectivity index (χ4v) is 9.11. The van der Waals surface area contributed by atoms with E-state index < -0.39 is 11.9 Å². The molecular weight excluding hydrogens is 771 g/mol. The van der Waals surface area contributed by atoms with Crippen molar-refractivity contribution < 1.29 is 27.9 Å². The van der Waals surface area contributed by atoms with Crippen LogP contribution in [0.3, 0.4) is 0 Å². The number of piperidine rings is 3. The van der Waals surface area contributed by atoms with Crippen molar-refractivity contribution in [3.63, 3.8) is 0 Å². The monoisotopic (exact) mass is 822 g/mol. The quantitative estimate of drug-likeness (QED) is 0.143. The molecule has 3 amide bonds. The Hall–Kier alpha value is -5.70. The number of anilines is 2. The number of benzene rings is 2. The van der Waals surface area contributed by atoms with E-state index in [0.29, 0.717) is 73.7 Å². The molecule has 2 aromatic heterocycles. The Balaban J connectivity index is 0.726. The molecule has 1 aliphatic carbocycles. The molecule has 3 saturated heterocycles. The third kappa shape index (κ3) is 10.0. The van der Waals surface area contributed by atoms with Gasteiger partial charge in [-0.2, -0.15) is 0 Å². The Labute approximate surface area is 347 Å². The van der Waals surface area contributed by atoms with E-state index in [2.05, 4.69) is 30.8 Å². The van der Waals surface area contributed by atoms with Gasteiger partial charge in [0, 0.05) is 61.3 Å². The third-order valence-electron chi connectivity index (χ3n) is 12.6. The Morgan fingerprint density at radius 3 is 2.35 bits per heavy atom. The minimum atomic E-state index is -0.566. The van der Waals surface area contributed by atoms with Gasteiger partial charge >= 0.3 is 6.09 Å². The highest BCUT2D eigenvalue weighted by Crippen LogP contribution is 2.34. The van der Waals surface area contributed by atoms with E-state index in [1.807, 2.05) is 12.1 Å². The predicted molar refractivity (Wildman–Crippen MR) is 223 cm³/mol. The molecule has 13 nitrogen and oxygen atoms in total. The number of hydrogen-bond acceptors (Lipinski definition) is 10. The summed E-state index contributed by atoms with van der Waals surface area (Å²) in [6.07, 6.45) is 10.6. The molecule has 3 N–H and O–H groups in total. The lowest BCUT2D eigenvalue weighted by atomic mass is 9.81. The summed E-state index contributed by atoms with van der Waals surface area (Å²) in [4.78, 5) is 61.8. The van der Waals surface area contributed by atoms with Gasteiger partial charge in [-0.05, 0) is 125 Å². The van der Waals surface area contributed by atoms with Crippen LogP contribution < -0.4 is 21.5 Å². The fourth-order valence-electron chi connectivity index (χ4n) is 9.11. The summed E-state index contributed by atoms with van der Waals surface area (Å²) in [5.41, 5.74) is 2.34. The summed E-state index contributed by atoms with van der Waals surface area (Å²) in [6, 6.07) is 16.5. The first kappa shape index (κ1) is 41.1. The van der Waals surface area contributed by atoms with Crippen LogP contribution >= 0.6 is 0 Å². The van der Waals surface area contributed by atoms with Crippen molar-refractivity contribution in [2.24, 2.45) is 11.8 Å². The zero-order valence-corrected chi connectivity index (χ0v) is 33.7. The topological polar surface area (TPSA) is 151 Å². The van der Waals surface area contributed by atoms with Crippen molar-refractivity contribution >= 4 is 29.5 Å². The molecule has 4 aromatic rings.